The van der Waals surface area contributed by atoms with Gasteiger partial charge in [-0.05, 0) is 67.6 Å². The Morgan fingerprint density at radius 3 is 2.50 bits per heavy atom. The van der Waals surface area contributed by atoms with Crippen LogP contribution in [0.25, 0.3) is 0 Å². The van der Waals surface area contributed by atoms with Crippen molar-refractivity contribution in [3.05, 3.63) is 70.5 Å². The number of likely N-dealkylation sites (tertiary alicyclic amines) is 1. The van der Waals surface area contributed by atoms with Crippen LogP contribution in [0, 0.1) is 13.8 Å². The lowest BCUT2D eigenvalue weighted by Gasteiger charge is -2.45. The molecule has 3 aromatic rings. The monoisotopic (exact) mass is 522 g/mol. The fourth-order valence-electron chi connectivity index (χ4n) is 5.69. The van der Waals surface area contributed by atoms with Gasteiger partial charge in [-0.25, -0.2) is 18.7 Å². The highest BCUT2D eigenvalue weighted by Gasteiger charge is 2.51. The van der Waals surface area contributed by atoms with E-state index in [1.54, 1.807) is 12.0 Å². The van der Waals surface area contributed by atoms with E-state index >= 15 is 0 Å². The topological polar surface area (TPSA) is 96.6 Å². The molecule has 0 saturated carbocycles. The molecule has 0 unspecified atom stereocenters. The van der Waals surface area contributed by atoms with Crippen LogP contribution in [0.3, 0.4) is 0 Å². The predicted molar refractivity (Wildman–Crippen MR) is 142 cm³/mol. The number of hydrogen-bond acceptors (Lipinski definition) is 7. The van der Waals surface area contributed by atoms with Gasteiger partial charge in [0.1, 0.15) is 23.7 Å². The number of nitrogen functional groups attached to an aromatic ring is 1. The second-order valence-electron chi connectivity index (χ2n) is 10.0. The minimum absolute atomic E-state index is 0.0374. The molecule has 0 atom stereocenters. The molecule has 8 nitrogen and oxygen atoms in total. The van der Waals surface area contributed by atoms with E-state index in [2.05, 4.69) is 15.3 Å². The number of rotatable bonds is 7. The summed E-state index contributed by atoms with van der Waals surface area (Å²) >= 11 is 0. The number of carbonyl (C=O) groups is 1. The van der Waals surface area contributed by atoms with Gasteiger partial charge >= 0.3 is 0 Å². The van der Waals surface area contributed by atoms with Crippen LogP contribution < -0.4 is 15.8 Å². The number of hydrogen-bond donors (Lipinski definition) is 2. The van der Waals surface area contributed by atoms with Crippen molar-refractivity contribution in [3.63, 3.8) is 0 Å². The lowest BCUT2D eigenvalue weighted by Crippen LogP contribution is -2.51. The van der Waals surface area contributed by atoms with E-state index in [1.165, 1.54) is 6.33 Å². The molecule has 0 aliphatic carbocycles. The van der Waals surface area contributed by atoms with Gasteiger partial charge in [0.2, 0.25) is 0 Å². The molecule has 1 amide bonds. The van der Waals surface area contributed by atoms with Crippen molar-refractivity contribution in [2.24, 2.45) is 0 Å². The van der Waals surface area contributed by atoms with Crippen LogP contribution in [0.1, 0.15) is 45.5 Å². The lowest BCUT2D eigenvalue weighted by atomic mass is 9.79. The van der Waals surface area contributed by atoms with Crippen molar-refractivity contribution in [1.82, 2.24) is 19.8 Å². The zero-order chi connectivity index (χ0) is 27.0. The highest BCUT2D eigenvalue weighted by Crippen LogP contribution is 2.49. The first-order valence-corrected chi connectivity index (χ1v) is 12.7. The van der Waals surface area contributed by atoms with Crippen molar-refractivity contribution in [2.45, 2.75) is 45.2 Å². The third-order valence-corrected chi connectivity index (χ3v) is 7.78. The summed E-state index contributed by atoms with van der Waals surface area (Å²) in [5.74, 6) is 1.69. The Morgan fingerprint density at radius 1 is 1.13 bits per heavy atom. The van der Waals surface area contributed by atoms with Gasteiger partial charge in [-0.15, -0.1) is 0 Å². The van der Waals surface area contributed by atoms with Gasteiger partial charge < -0.3 is 20.7 Å². The molecule has 1 spiro atoms. The number of carbonyl (C=O) groups excluding carboxylic acids is 1. The van der Waals surface area contributed by atoms with Crippen molar-refractivity contribution < 1.29 is 18.3 Å². The summed E-state index contributed by atoms with van der Waals surface area (Å²) in [6.45, 7) is 4.89. The first kappa shape index (κ1) is 25.8. The third kappa shape index (κ3) is 4.64. The molecule has 3 heterocycles. The molecular weight excluding hydrogens is 490 g/mol. The van der Waals surface area contributed by atoms with Crippen LogP contribution in [0.15, 0.2) is 42.7 Å². The number of nitrogens with one attached hydrogen (secondary N) is 1. The van der Waals surface area contributed by atoms with E-state index < -0.39 is 12.0 Å². The van der Waals surface area contributed by atoms with E-state index in [0.717, 1.165) is 33.7 Å². The van der Waals surface area contributed by atoms with E-state index in [0.29, 0.717) is 49.7 Å². The molecule has 2 aromatic carbocycles. The van der Waals surface area contributed by atoms with Gasteiger partial charge in [0, 0.05) is 36.4 Å². The molecule has 2 aliphatic heterocycles. The lowest BCUT2D eigenvalue weighted by molar-refractivity contribution is 0.00786. The smallest absolute Gasteiger partial charge is 0.255 e. The molecule has 1 saturated heterocycles. The van der Waals surface area contributed by atoms with Gasteiger partial charge in [0.15, 0.2) is 0 Å². The van der Waals surface area contributed by atoms with Gasteiger partial charge in [0.05, 0.1) is 19.2 Å². The number of nitrogens with zero attached hydrogens (tertiary/aromatic N) is 4. The number of amides is 1. The average Bonchev–Trinajstić information content (AvgIpc) is 3.11. The second-order valence-corrected chi connectivity index (χ2v) is 10.0. The zero-order valence-electron chi connectivity index (χ0n) is 21.8. The fourth-order valence-corrected chi connectivity index (χ4v) is 5.69. The normalized spacial score (nSPS) is 16.8. The Morgan fingerprint density at radius 2 is 1.84 bits per heavy atom. The summed E-state index contributed by atoms with van der Waals surface area (Å²) in [5.41, 5.74) is 10.3. The third-order valence-electron chi connectivity index (χ3n) is 7.78. The molecule has 1 fully saturated rings. The van der Waals surface area contributed by atoms with Crippen LogP contribution >= 0.6 is 0 Å². The maximum Gasteiger partial charge on any atom is 0.255 e. The zero-order valence-corrected chi connectivity index (χ0v) is 21.8. The Bertz CT molecular complexity index is 1340. The molecule has 3 N–H and O–H groups in total. The summed E-state index contributed by atoms with van der Waals surface area (Å²) in [5, 5.41) is 3.35. The number of nitrogens with two attached hydrogens (primary N) is 1. The van der Waals surface area contributed by atoms with Crippen LogP contribution in [-0.4, -0.2) is 58.8 Å². The second kappa shape index (κ2) is 10.2. The van der Waals surface area contributed by atoms with Crippen molar-refractivity contribution in [3.8, 4) is 5.75 Å². The summed E-state index contributed by atoms with van der Waals surface area (Å²) in [4.78, 5) is 26.0. The first-order valence-electron chi connectivity index (χ1n) is 12.7. The SMILES string of the molecule is COc1ccc(CN2C(=O)c3c(C)cc(Nc4ncnc(N)c4C)cc3C23CCN(CC(F)F)CC3)cc1. The number of aromatic nitrogens is 2. The number of methoxy groups -OCH3 is 1. The van der Waals surface area contributed by atoms with Gasteiger partial charge in [-0.2, -0.15) is 0 Å². The Balaban J connectivity index is 1.54. The number of alkyl halides is 2. The molecule has 1 aromatic heterocycles. The van der Waals surface area contributed by atoms with Crippen LogP contribution in [0.2, 0.25) is 0 Å². The maximum atomic E-state index is 14.0. The average molecular weight is 523 g/mol. The number of fused-ring (bicyclic) bond motifs is 2. The van der Waals surface area contributed by atoms with Crippen molar-refractivity contribution in [2.75, 3.05) is 37.8 Å². The first-order chi connectivity index (χ1) is 18.2. The molecule has 5 rings (SSSR count). The summed E-state index contributed by atoms with van der Waals surface area (Å²) in [6.07, 6.45) is 0.151. The highest BCUT2D eigenvalue weighted by molar-refractivity contribution is 6.02. The van der Waals surface area contributed by atoms with E-state index in [9.17, 15) is 13.6 Å². The number of aryl methyl sites for hydroxylation is 1. The largest absolute Gasteiger partial charge is 0.497 e. The van der Waals surface area contributed by atoms with Gasteiger partial charge in [-0.1, -0.05) is 12.1 Å². The van der Waals surface area contributed by atoms with Gasteiger partial charge in [0.25, 0.3) is 12.3 Å². The summed E-state index contributed by atoms with van der Waals surface area (Å²) in [7, 11) is 1.61. The molecule has 2 aliphatic rings. The fraction of sp³-hybridized carbons (Fsp3) is 0.393. The Kier molecular flexibility index (Phi) is 6.92. The number of anilines is 3. The van der Waals surface area contributed by atoms with Crippen LogP contribution in [0.4, 0.5) is 26.1 Å². The van der Waals surface area contributed by atoms with Crippen LogP contribution in [0.5, 0.6) is 5.75 Å². The van der Waals surface area contributed by atoms with E-state index in [1.807, 2.05) is 55.1 Å². The van der Waals surface area contributed by atoms with Gasteiger partial charge in [-0.3, -0.25) is 9.69 Å². The molecule has 38 heavy (non-hydrogen) atoms. The number of ether oxygens (including phenoxy) is 1. The van der Waals surface area contributed by atoms with Crippen molar-refractivity contribution >= 4 is 23.2 Å². The van der Waals surface area contributed by atoms with E-state index in [4.69, 9.17) is 10.5 Å². The molecule has 0 bridgehead atoms. The maximum absolute atomic E-state index is 14.0. The minimum Gasteiger partial charge on any atom is -0.497 e. The Hall–Kier alpha value is -3.79. The predicted octanol–water partition coefficient (Wildman–Crippen LogP) is 4.64. The standard InChI is InChI=1S/C28H32F2N6O2/c1-17-12-20(34-26-18(2)25(31)32-16-33-26)13-22-24(17)27(37)36(14-19-4-6-21(38-3)7-5-19)28(22)8-10-35(11-9-28)15-23(29)30/h4-7,12-13,16,23H,8-11,14-15H2,1-3H3,(H3,31,32,33,34). The minimum atomic E-state index is -2.39. The number of benzene rings is 2. The molecular formula is C28H32F2N6O2. The number of halogens is 2. The molecule has 200 valence electrons. The summed E-state index contributed by atoms with van der Waals surface area (Å²) in [6, 6.07) is 11.6. The van der Waals surface area contributed by atoms with Crippen LogP contribution in [-0.2, 0) is 12.1 Å². The highest BCUT2D eigenvalue weighted by atomic mass is 19.3. The van der Waals surface area contributed by atoms with Crippen molar-refractivity contribution in [1.29, 1.82) is 0 Å². The van der Waals surface area contributed by atoms with E-state index in [-0.39, 0.29) is 12.5 Å². The quantitative estimate of drug-likeness (QED) is 0.467. The molecule has 10 heteroatoms. The number of piperidine rings is 1. The Labute approximate surface area is 220 Å². The molecule has 0 radical (unpaired) electrons. The summed E-state index contributed by atoms with van der Waals surface area (Å²) < 4.78 is 31.6.